The van der Waals surface area contributed by atoms with E-state index in [0.717, 1.165) is 11.3 Å². The molecule has 2 N–H and O–H groups in total. The minimum atomic E-state index is -0.0844. The molecule has 0 unspecified atom stereocenters. The number of nitrogens with one attached hydrogen (secondary N) is 1. The third kappa shape index (κ3) is 4.56. The zero-order valence-electron chi connectivity index (χ0n) is 12.6. The minimum Gasteiger partial charge on any atom is -0.495 e. The van der Waals surface area contributed by atoms with Gasteiger partial charge in [-0.05, 0) is 42.7 Å². The van der Waals surface area contributed by atoms with Gasteiger partial charge >= 0.3 is 0 Å². The summed E-state index contributed by atoms with van der Waals surface area (Å²) < 4.78 is 5.29. The van der Waals surface area contributed by atoms with Crippen molar-refractivity contribution in [2.75, 3.05) is 19.0 Å². The van der Waals surface area contributed by atoms with Crippen LogP contribution in [0, 0.1) is 0 Å². The van der Waals surface area contributed by atoms with Crippen molar-refractivity contribution in [1.29, 1.82) is 0 Å². The Labute approximate surface area is 130 Å². The van der Waals surface area contributed by atoms with Gasteiger partial charge in [-0.1, -0.05) is 12.1 Å². The van der Waals surface area contributed by atoms with E-state index in [-0.39, 0.29) is 12.5 Å². The Morgan fingerprint density at radius 3 is 2.82 bits per heavy atom. The van der Waals surface area contributed by atoms with E-state index in [1.54, 1.807) is 19.4 Å². The second-order valence-corrected chi connectivity index (χ2v) is 4.88. The SMILES string of the molecule is COc1cc(CCO)ccc1NC(=O)CCc1ccccn1. The number of pyridine rings is 1. The first-order valence-electron chi connectivity index (χ1n) is 7.20. The van der Waals surface area contributed by atoms with E-state index < -0.39 is 0 Å². The third-order valence-corrected chi connectivity index (χ3v) is 3.27. The topological polar surface area (TPSA) is 71.5 Å². The summed E-state index contributed by atoms with van der Waals surface area (Å²) in [5.41, 5.74) is 2.49. The summed E-state index contributed by atoms with van der Waals surface area (Å²) in [6.07, 6.45) is 3.23. The maximum atomic E-state index is 12.0. The summed E-state index contributed by atoms with van der Waals surface area (Å²) in [5.74, 6) is 0.510. The maximum absolute atomic E-state index is 12.0. The molecule has 5 heteroatoms. The molecule has 1 heterocycles. The number of rotatable bonds is 7. The number of aryl methyl sites for hydroxylation is 1. The number of hydrogen-bond acceptors (Lipinski definition) is 4. The van der Waals surface area contributed by atoms with Crippen LogP contribution in [-0.2, 0) is 17.6 Å². The standard InChI is InChI=1S/C17H20N2O3/c1-22-16-12-13(9-11-20)5-7-15(16)19-17(21)8-6-14-4-2-3-10-18-14/h2-5,7,10,12,20H,6,8-9,11H2,1H3,(H,19,21). The number of methoxy groups -OCH3 is 1. The molecule has 0 saturated carbocycles. The average molecular weight is 300 g/mol. The molecule has 5 nitrogen and oxygen atoms in total. The number of amides is 1. The van der Waals surface area contributed by atoms with Gasteiger partial charge in [0, 0.05) is 24.9 Å². The number of hydrogen-bond donors (Lipinski definition) is 2. The van der Waals surface area contributed by atoms with Gasteiger partial charge in [0.25, 0.3) is 0 Å². The summed E-state index contributed by atoms with van der Waals surface area (Å²) in [6, 6.07) is 11.1. The molecule has 0 spiro atoms. The van der Waals surface area contributed by atoms with Crippen molar-refractivity contribution in [3.8, 4) is 5.75 Å². The highest BCUT2D eigenvalue weighted by molar-refractivity contribution is 5.92. The molecule has 0 atom stereocenters. The van der Waals surface area contributed by atoms with Gasteiger partial charge < -0.3 is 15.2 Å². The zero-order chi connectivity index (χ0) is 15.8. The summed E-state index contributed by atoms with van der Waals surface area (Å²) in [4.78, 5) is 16.2. The smallest absolute Gasteiger partial charge is 0.224 e. The average Bonchev–Trinajstić information content (AvgIpc) is 2.55. The monoisotopic (exact) mass is 300 g/mol. The van der Waals surface area contributed by atoms with E-state index in [1.165, 1.54) is 0 Å². The molecule has 0 aliphatic rings. The van der Waals surface area contributed by atoms with Gasteiger partial charge in [0.15, 0.2) is 0 Å². The van der Waals surface area contributed by atoms with Crippen LogP contribution in [0.25, 0.3) is 0 Å². The fraction of sp³-hybridized carbons (Fsp3) is 0.294. The van der Waals surface area contributed by atoms with Gasteiger partial charge in [-0.3, -0.25) is 9.78 Å². The predicted octanol–water partition coefficient (Wildman–Crippen LogP) is 2.20. The van der Waals surface area contributed by atoms with Crippen molar-refractivity contribution in [2.24, 2.45) is 0 Å². The Kier molecular flexibility index (Phi) is 5.91. The number of nitrogens with zero attached hydrogens (tertiary/aromatic N) is 1. The van der Waals surface area contributed by atoms with E-state index in [2.05, 4.69) is 10.3 Å². The van der Waals surface area contributed by atoms with E-state index >= 15 is 0 Å². The molecule has 116 valence electrons. The zero-order valence-corrected chi connectivity index (χ0v) is 12.6. The molecule has 2 aromatic rings. The molecule has 0 bridgehead atoms. The number of aromatic nitrogens is 1. The molecule has 1 aromatic heterocycles. The van der Waals surface area contributed by atoms with Crippen LogP contribution in [0.2, 0.25) is 0 Å². The van der Waals surface area contributed by atoms with Crippen molar-refractivity contribution in [3.05, 3.63) is 53.9 Å². The number of carbonyl (C=O) groups is 1. The first kappa shape index (κ1) is 16.0. The van der Waals surface area contributed by atoms with Crippen LogP contribution in [0.5, 0.6) is 5.75 Å². The van der Waals surface area contributed by atoms with Crippen molar-refractivity contribution < 1.29 is 14.6 Å². The van der Waals surface area contributed by atoms with Crippen LogP contribution < -0.4 is 10.1 Å². The highest BCUT2D eigenvalue weighted by Gasteiger charge is 2.09. The number of ether oxygens (including phenoxy) is 1. The first-order chi connectivity index (χ1) is 10.7. The highest BCUT2D eigenvalue weighted by atomic mass is 16.5. The third-order valence-electron chi connectivity index (χ3n) is 3.27. The summed E-state index contributed by atoms with van der Waals surface area (Å²) >= 11 is 0. The van der Waals surface area contributed by atoms with Crippen LogP contribution in [0.3, 0.4) is 0 Å². The van der Waals surface area contributed by atoms with Crippen LogP contribution in [0.15, 0.2) is 42.6 Å². The normalized spacial score (nSPS) is 10.3. The minimum absolute atomic E-state index is 0.0823. The van der Waals surface area contributed by atoms with Crippen LogP contribution in [0.4, 0.5) is 5.69 Å². The van der Waals surface area contributed by atoms with Crippen molar-refractivity contribution in [1.82, 2.24) is 4.98 Å². The number of carbonyl (C=O) groups excluding carboxylic acids is 1. The van der Waals surface area contributed by atoms with Gasteiger partial charge in [-0.15, -0.1) is 0 Å². The molecule has 0 fully saturated rings. The number of benzene rings is 1. The van der Waals surface area contributed by atoms with Gasteiger partial charge in [-0.2, -0.15) is 0 Å². The molecule has 0 radical (unpaired) electrons. The lowest BCUT2D eigenvalue weighted by atomic mass is 10.1. The van der Waals surface area contributed by atoms with E-state index in [4.69, 9.17) is 9.84 Å². The van der Waals surface area contributed by atoms with Gasteiger partial charge in [0.05, 0.1) is 12.8 Å². The Morgan fingerprint density at radius 1 is 1.27 bits per heavy atom. The fourth-order valence-corrected chi connectivity index (χ4v) is 2.12. The second kappa shape index (κ2) is 8.14. The first-order valence-corrected chi connectivity index (χ1v) is 7.20. The molecular formula is C17H20N2O3. The van der Waals surface area contributed by atoms with Crippen LogP contribution in [0.1, 0.15) is 17.7 Å². The predicted molar refractivity (Wildman–Crippen MR) is 85.0 cm³/mol. The Morgan fingerprint density at radius 2 is 2.14 bits per heavy atom. The van der Waals surface area contributed by atoms with Crippen molar-refractivity contribution >= 4 is 11.6 Å². The van der Waals surface area contributed by atoms with Crippen molar-refractivity contribution in [3.63, 3.8) is 0 Å². The molecule has 0 aliphatic heterocycles. The fourth-order valence-electron chi connectivity index (χ4n) is 2.12. The van der Waals surface area contributed by atoms with Crippen LogP contribution in [-0.4, -0.2) is 29.7 Å². The van der Waals surface area contributed by atoms with Crippen LogP contribution >= 0.6 is 0 Å². The summed E-state index contributed by atoms with van der Waals surface area (Å²) in [7, 11) is 1.56. The van der Waals surface area contributed by atoms with E-state index in [9.17, 15) is 4.79 Å². The molecule has 22 heavy (non-hydrogen) atoms. The molecule has 0 aliphatic carbocycles. The molecule has 2 rings (SSSR count). The lowest BCUT2D eigenvalue weighted by Gasteiger charge is -2.11. The Hall–Kier alpha value is -2.40. The lowest BCUT2D eigenvalue weighted by molar-refractivity contribution is -0.116. The van der Waals surface area contributed by atoms with E-state index in [0.29, 0.717) is 30.7 Å². The summed E-state index contributed by atoms with van der Waals surface area (Å²) in [5, 5.41) is 11.8. The summed E-state index contributed by atoms with van der Waals surface area (Å²) in [6.45, 7) is 0.0823. The Balaban J connectivity index is 1.96. The Bertz CT molecular complexity index is 615. The molecule has 1 amide bonds. The lowest BCUT2D eigenvalue weighted by Crippen LogP contribution is -2.13. The molecule has 0 saturated heterocycles. The quantitative estimate of drug-likeness (QED) is 0.822. The highest BCUT2D eigenvalue weighted by Crippen LogP contribution is 2.26. The molecular weight excluding hydrogens is 280 g/mol. The maximum Gasteiger partial charge on any atom is 0.224 e. The number of anilines is 1. The van der Waals surface area contributed by atoms with E-state index in [1.807, 2.05) is 30.3 Å². The number of aliphatic hydroxyl groups excluding tert-OH is 1. The van der Waals surface area contributed by atoms with Crippen molar-refractivity contribution in [2.45, 2.75) is 19.3 Å². The van der Waals surface area contributed by atoms with Gasteiger partial charge in [-0.25, -0.2) is 0 Å². The second-order valence-electron chi connectivity index (χ2n) is 4.88. The molecule has 1 aromatic carbocycles. The largest absolute Gasteiger partial charge is 0.495 e. The van der Waals surface area contributed by atoms with Gasteiger partial charge in [0.2, 0.25) is 5.91 Å². The van der Waals surface area contributed by atoms with Gasteiger partial charge in [0.1, 0.15) is 5.75 Å². The number of aliphatic hydroxyl groups is 1.